The van der Waals surface area contributed by atoms with Crippen LogP contribution in [0.3, 0.4) is 0 Å². The van der Waals surface area contributed by atoms with Gasteiger partial charge in [0.25, 0.3) is 11.5 Å². The molecule has 6 heteroatoms. The Labute approximate surface area is 105 Å². The summed E-state index contributed by atoms with van der Waals surface area (Å²) in [5.41, 5.74) is -0.376. The Morgan fingerprint density at radius 2 is 2.18 bits per heavy atom. The van der Waals surface area contributed by atoms with Crippen LogP contribution in [0.15, 0.2) is 45.9 Å². The summed E-state index contributed by atoms with van der Waals surface area (Å²) < 4.78 is 0.813. The minimum Gasteiger partial charge on any atom is -0.328 e. The third kappa shape index (κ3) is 2.79. The molecule has 0 bridgehead atoms. The minimum atomic E-state index is -0.485. The molecule has 2 heterocycles. The molecule has 17 heavy (non-hydrogen) atoms. The van der Waals surface area contributed by atoms with E-state index in [2.05, 4.69) is 31.2 Å². The van der Waals surface area contributed by atoms with Crippen molar-refractivity contribution in [1.82, 2.24) is 9.97 Å². The highest BCUT2D eigenvalue weighted by Gasteiger charge is 2.09. The molecule has 0 spiro atoms. The van der Waals surface area contributed by atoms with E-state index < -0.39 is 11.5 Å². The molecule has 5 nitrogen and oxygen atoms in total. The predicted molar refractivity (Wildman–Crippen MR) is 67.0 cm³/mol. The van der Waals surface area contributed by atoms with Crippen molar-refractivity contribution in [3.8, 4) is 0 Å². The van der Waals surface area contributed by atoms with Gasteiger partial charge in [0.15, 0.2) is 0 Å². The fourth-order valence-electron chi connectivity index (χ4n) is 1.23. The van der Waals surface area contributed by atoms with Gasteiger partial charge in [-0.25, -0.2) is 4.98 Å². The number of hydrogen-bond acceptors (Lipinski definition) is 3. The molecule has 0 aliphatic rings. The van der Waals surface area contributed by atoms with Crippen LogP contribution in [0.1, 0.15) is 10.4 Å². The SMILES string of the molecule is O=C(Nc1ccc(Br)cn1)c1ccc[nH]c1=O. The molecule has 0 aliphatic heterocycles. The highest BCUT2D eigenvalue weighted by molar-refractivity contribution is 9.10. The van der Waals surface area contributed by atoms with Crippen LogP contribution in [0.5, 0.6) is 0 Å². The number of aromatic amines is 1. The van der Waals surface area contributed by atoms with E-state index in [1.165, 1.54) is 12.3 Å². The molecule has 0 fully saturated rings. The lowest BCUT2D eigenvalue weighted by Crippen LogP contribution is -2.22. The van der Waals surface area contributed by atoms with E-state index in [9.17, 15) is 9.59 Å². The number of nitrogens with zero attached hydrogens (tertiary/aromatic N) is 1. The Kier molecular flexibility index (Phi) is 3.34. The van der Waals surface area contributed by atoms with Crippen LogP contribution >= 0.6 is 15.9 Å². The van der Waals surface area contributed by atoms with Gasteiger partial charge >= 0.3 is 0 Å². The summed E-state index contributed by atoms with van der Waals surface area (Å²) in [6, 6.07) is 6.43. The monoisotopic (exact) mass is 293 g/mol. The van der Waals surface area contributed by atoms with Gasteiger partial charge in [-0.2, -0.15) is 0 Å². The van der Waals surface area contributed by atoms with Crippen molar-refractivity contribution in [1.29, 1.82) is 0 Å². The number of rotatable bonds is 2. The standard InChI is InChI=1S/C11H8BrN3O2/c12-7-3-4-9(14-6-7)15-11(17)8-2-1-5-13-10(8)16/h1-6H,(H,13,16)(H,14,15,17). The number of hydrogen-bond donors (Lipinski definition) is 2. The van der Waals surface area contributed by atoms with Crippen molar-refractivity contribution < 1.29 is 4.79 Å². The van der Waals surface area contributed by atoms with Gasteiger partial charge in [0.2, 0.25) is 0 Å². The van der Waals surface area contributed by atoms with Crippen molar-refractivity contribution in [2.24, 2.45) is 0 Å². The summed E-state index contributed by atoms with van der Waals surface area (Å²) in [5, 5.41) is 2.54. The number of halogens is 1. The molecule has 2 rings (SSSR count). The van der Waals surface area contributed by atoms with Gasteiger partial charge in [0.1, 0.15) is 11.4 Å². The third-order valence-electron chi connectivity index (χ3n) is 2.03. The number of aromatic nitrogens is 2. The zero-order chi connectivity index (χ0) is 12.3. The van der Waals surface area contributed by atoms with E-state index in [-0.39, 0.29) is 5.56 Å². The number of nitrogens with one attached hydrogen (secondary N) is 2. The summed E-state index contributed by atoms with van der Waals surface area (Å²) in [6.45, 7) is 0. The Balaban J connectivity index is 2.20. The Bertz CT molecular complexity index is 592. The van der Waals surface area contributed by atoms with E-state index in [4.69, 9.17) is 0 Å². The van der Waals surface area contributed by atoms with Crippen LogP contribution in [0.2, 0.25) is 0 Å². The first-order chi connectivity index (χ1) is 8.16. The maximum absolute atomic E-state index is 11.7. The molecule has 2 aromatic heterocycles. The number of pyridine rings is 2. The lowest BCUT2D eigenvalue weighted by atomic mass is 10.2. The highest BCUT2D eigenvalue weighted by atomic mass is 79.9. The van der Waals surface area contributed by atoms with Gasteiger partial charge in [0.05, 0.1) is 0 Å². The molecule has 0 atom stereocenters. The van der Waals surface area contributed by atoms with Gasteiger partial charge in [-0.3, -0.25) is 9.59 Å². The second-order valence-corrected chi connectivity index (χ2v) is 4.14. The number of carbonyl (C=O) groups excluding carboxylic acids is 1. The lowest BCUT2D eigenvalue weighted by molar-refractivity contribution is 0.102. The highest BCUT2D eigenvalue weighted by Crippen LogP contribution is 2.10. The minimum absolute atomic E-state index is 0.0530. The van der Waals surface area contributed by atoms with Crippen molar-refractivity contribution in [3.63, 3.8) is 0 Å². The Hall–Kier alpha value is -1.95. The van der Waals surface area contributed by atoms with Crippen molar-refractivity contribution >= 4 is 27.7 Å². The summed E-state index contributed by atoms with van der Waals surface area (Å²) >= 11 is 3.24. The van der Waals surface area contributed by atoms with Gasteiger partial charge in [-0.15, -0.1) is 0 Å². The maximum atomic E-state index is 11.7. The molecule has 0 radical (unpaired) electrons. The Morgan fingerprint density at radius 3 is 2.82 bits per heavy atom. The molecule has 2 aromatic rings. The fraction of sp³-hybridized carbons (Fsp3) is 0. The summed E-state index contributed by atoms with van der Waals surface area (Å²) in [6.07, 6.45) is 3.03. The van der Waals surface area contributed by atoms with Crippen LogP contribution in [0.25, 0.3) is 0 Å². The largest absolute Gasteiger partial charge is 0.328 e. The summed E-state index contributed by atoms with van der Waals surface area (Å²) in [7, 11) is 0. The summed E-state index contributed by atoms with van der Waals surface area (Å²) in [4.78, 5) is 29.5. The van der Waals surface area contributed by atoms with Crippen LogP contribution in [0.4, 0.5) is 5.82 Å². The lowest BCUT2D eigenvalue weighted by Gasteiger charge is -2.03. The Morgan fingerprint density at radius 1 is 1.35 bits per heavy atom. The first-order valence-corrected chi connectivity index (χ1v) is 5.57. The van der Waals surface area contributed by atoms with Crippen LogP contribution in [0, 0.1) is 0 Å². The van der Waals surface area contributed by atoms with E-state index in [0.29, 0.717) is 5.82 Å². The normalized spacial score (nSPS) is 9.94. The molecular formula is C11H8BrN3O2. The maximum Gasteiger partial charge on any atom is 0.262 e. The van der Waals surface area contributed by atoms with E-state index in [1.54, 1.807) is 24.4 Å². The topological polar surface area (TPSA) is 74.8 Å². The zero-order valence-electron chi connectivity index (χ0n) is 8.61. The fourth-order valence-corrected chi connectivity index (χ4v) is 1.47. The summed E-state index contributed by atoms with van der Waals surface area (Å²) in [5.74, 6) is -0.0943. The molecule has 1 amide bonds. The van der Waals surface area contributed by atoms with E-state index >= 15 is 0 Å². The first-order valence-electron chi connectivity index (χ1n) is 4.77. The molecular weight excluding hydrogens is 286 g/mol. The second kappa shape index (κ2) is 4.92. The van der Waals surface area contributed by atoms with Crippen LogP contribution in [-0.2, 0) is 0 Å². The quantitative estimate of drug-likeness (QED) is 0.886. The van der Waals surface area contributed by atoms with Gasteiger partial charge in [-0.05, 0) is 40.2 Å². The molecule has 0 aliphatic carbocycles. The molecule has 86 valence electrons. The number of H-pyrrole nitrogens is 1. The van der Waals surface area contributed by atoms with E-state index in [0.717, 1.165) is 4.47 Å². The van der Waals surface area contributed by atoms with Crippen molar-refractivity contribution in [2.45, 2.75) is 0 Å². The average molecular weight is 294 g/mol. The first kappa shape index (κ1) is 11.5. The zero-order valence-corrected chi connectivity index (χ0v) is 10.2. The third-order valence-corrected chi connectivity index (χ3v) is 2.50. The molecule has 0 aromatic carbocycles. The number of anilines is 1. The second-order valence-electron chi connectivity index (χ2n) is 3.23. The van der Waals surface area contributed by atoms with Crippen molar-refractivity contribution in [2.75, 3.05) is 5.32 Å². The van der Waals surface area contributed by atoms with Crippen LogP contribution < -0.4 is 10.9 Å². The van der Waals surface area contributed by atoms with E-state index in [1.807, 2.05) is 0 Å². The van der Waals surface area contributed by atoms with Gasteiger partial charge in [-0.1, -0.05) is 0 Å². The van der Waals surface area contributed by atoms with Gasteiger partial charge < -0.3 is 10.3 Å². The smallest absolute Gasteiger partial charge is 0.262 e. The van der Waals surface area contributed by atoms with Crippen LogP contribution in [-0.4, -0.2) is 15.9 Å². The number of amides is 1. The molecule has 2 N–H and O–H groups in total. The average Bonchev–Trinajstić information content (AvgIpc) is 2.32. The molecule has 0 saturated carbocycles. The molecule has 0 unspecified atom stereocenters. The predicted octanol–water partition coefficient (Wildman–Crippen LogP) is 1.78. The van der Waals surface area contributed by atoms with Crippen molar-refractivity contribution in [3.05, 3.63) is 57.0 Å². The van der Waals surface area contributed by atoms with Gasteiger partial charge in [0, 0.05) is 16.9 Å². The molecule has 0 saturated heterocycles. The number of carbonyl (C=O) groups is 1.